The van der Waals surface area contributed by atoms with E-state index in [1.165, 1.54) is 24.3 Å². The standard InChI is InChI=1S/C4H8S.H2O2/c1-2-4-5-3-1;1-2/h1-4H2;1-2H. The van der Waals surface area contributed by atoms with E-state index in [0.717, 1.165) is 0 Å². The van der Waals surface area contributed by atoms with Gasteiger partial charge in [0.1, 0.15) is 0 Å². The minimum absolute atomic E-state index is 1.42. The van der Waals surface area contributed by atoms with Crippen LogP contribution in [-0.2, 0) is 0 Å². The fourth-order valence-corrected chi connectivity index (χ4v) is 1.53. The first kappa shape index (κ1) is 7.27. The minimum atomic E-state index is 1.42. The highest BCUT2D eigenvalue weighted by atomic mass is 32.2. The van der Waals surface area contributed by atoms with Gasteiger partial charge in [-0.3, -0.25) is 10.5 Å². The van der Waals surface area contributed by atoms with Crippen molar-refractivity contribution in [2.75, 3.05) is 11.5 Å². The predicted molar refractivity (Wildman–Crippen MR) is 31.8 cm³/mol. The molecule has 1 aliphatic rings. The van der Waals surface area contributed by atoms with E-state index < -0.39 is 0 Å². The molecule has 0 radical (unpaired) electrons. The van der Waals surface area contributed by atoms with Crippen molar-refractivity contribution >= 4 is 11.8 Å². The number of hydrogen-bond donors (Lipinski definition) is 2. The first-order chi connectivity index (χ1) is 3.50. The topological polar surface area (TPSA) is 40.5 Å². The van der Waals surface area contributed by atoms with Gasteiger partial charge in [0.2, 0.25) is 0 Å². The van der Waals surface area contributed by atoms with Crippen LogP contribution in [0.1, 0.15) is 12.8 Å². The smallest absolute Gasteiger partial charge is 0.00672 e. The van der Waals surface area contributed by atoms with Crippen LogP contribution >= 0.6 is 11.8 Å². The Bertz CT molecular complexity index is 21.3. The third-order valence-corrected chi connectivity index (χ3v) is 1.98. The van der Waals surface area contributed by atoms with Crippen LogP contribution in [0.3, 0.4) is 0 Å². The van der Waals surface area contributed by atoms with Crippen molar-refractivity contribution in [3.8, 4) is 0 Å². The average Bonchev–Trinajstić information content (AvgIpc) is 2.23. The average molecular weight is 122 g/mol. The summed E-state index contributed by atoms with van der Waals surface area (Å²) in [7, 11) is 0. The van der Waals surface area contributed by atoms with Crippen LogP contribution in [0, 0.1) is 0 Å². The summed E-state index contributed by atoms with van der Waals surface area (Å²) in [4.78, 5) is 0. The van der Waals surface area contributed by atoms with E-state index in [1.807, 2.05) is 0 Å². The molecule has 0 aromatic carbocycles. The monoisotopic (exact) mass is 122 g/mol. The molecule has 2 nitrogen and oxygen atoms in total. The lowest BCUT2D eigenvalue weighted by atomic mass is 10.4. The maximum atomic E-state index is 6.00. The third kappa shape index (κ3) is 4.12. The quantitative estimate of drug-likeness (QED) is 0.378. The Morgan fingerprint density at radius 2 is 1.43 bits per heavy atom. The van der Waals surface area contributed by atoms with Gasteiger partial charge in [-0.15, -0.1) is 0 Å². The van der Waals surface area contributed by atoms with Crippen LogP contribution in [0.4, 0.5) is 0 Å². The first-order valence-corrected chi connectivity index (χ1v) is 3.43. The molecule has 0 aromatic heterocycles. The second kappa shape index (κ2) is 6.27. The molecule has 1 heterocycles. The fraction of sp³-hybridized carbons (Fsp3) is 1.00. The molecule has 0 saturated carbocycles. The van der Waals surface area contributed by atoms with Crippen LogP contribution in [-0.4, -0.2) is 22.0 Å². The van der Waals surface area contributed by atoms with Gasteiger partial charge in [-0.25, -0.2) is 0 Å². The third-order valence-electron chi connectivity index (χ3n) is 0.827. The Kier molecular flexibility index (Phi) is 6.51. The van der Waals surface area contributed by atoms with E-state index in [0.29, 0.717) is 0 Å². The molecule has 0 atom stereocenters. The van der Waals surface area contributed by atoms with Crippen molar-refractivity contribution in [3.63, 3.8) is 0 Å². The Morgan fingerprint density at radius 1 is 1.00 bits per heavy atom. The maximum absolute atomic E-state index is 6.00. The molecule has 7 heavy (non-hydrogen) atoms. The number of hydrogen-bond acceptors (Lipinski definition) is 3. The largest absolute Gasteiger partial charge is 0.255 e. The van der Waals surface area contributed by atoms with Crippen molar-refractivity contribution in [1.29, 1.82) is 0 Å². The number of rotatable bonds is 0. The SMILES string of the molecule is C1CCSC1.OO. The zero-order chi connectivity index (χ0) is 5.54. The highest BCUT2D eigenvalue weighted by molar-refractivity contribution is 7.99. The normalized spacial score (nSPS) is 18.0. The summed E-state index contributed by atoms with van der Waals surface area (Å²) in [6.07, 6.45) is 2.93. The molecule has 0 aliphatic carbocycles. The molecule has 0 spiro atoms. The minimum Gasteiger partial charge on any atom is -0.255 e. The lowest BCUT2D eigenvalue weighted by Gasteiger charge is -1.69. The molecule has 3 heteroatoms. The van der Waals surface area contributed by atoms with Crippen LogP contribution in [0.2, 0.25) is 0 Å². The van der Waals surface area contributed by atoms with Crippen molar-refractivity contribution in [3.05, 3.63) is 0 Å². The van der Waals surface area contributed by atoms with Crippen LogP contribution in [0.15, 0.2) is 0 Å². The fourth-order valence-electron chi connectivity index (χ4n) is 0.510. The molecule has 1 fully saturated rings. The molecule has 44 valence electrons. The van der Waals surface area contributed by atoms with Crippen LogP contribution in [0.25, 0.3) is 0 Å². The Balaban J connectivity index is 0.000000162. The molecule has 0 bridgehead atoms. The van der Waals surface area contributed by atoms with Crippen molar-refractivity contribution < 1.29 is 10.5 Å². The highest BCUT2D eigenvalue weighted by Crippen LogP contribution is 2.14. The summed E-state index contributed by atoms with van der Waals surface area (Å²) >= 11 is 2.07. The van der Waals surface area contributed by atoms with Gasteiger partial charge in [-0.05, 0) is 24.3 Å². The summed E-state index contributed by atoms with van der Waals surface area (Å²) in [5.41, 5.74) is 0. The van der Waals surface area contributed by atoms with Crippen molar-refractivity contribution in [2.24, 2.45) is 0 Å². The van der Waals surface area contributed by atoms with E-state index in [4.69, 9.17) is 10.5 Å². The highest BCUT2D eigenvalue weighted by Gasteiger charge is 1.95. The van der Waals surface area contributed by atoms with Crippen LogP contribution < -0.4 is 0 Å². The summed E-state index contributed by atoms with van der Waals surface area (Å²) in [6.45, 7) is 0. The van der Waals surface area contributed by atoms with Gasteiger partial charge in [0.05, 0.1) is 0 Å². The van der Waals surface area contributed by atoms with Crippen molar-refractivity contribution in [2.45, 2.75) is 12.8 Å². The molecule has 2 N–H and O–H groups in total. The summed E-state index contributed by atoms with van der Waals surface area (Å²) in [5, 5.41) is 12.0. The van der Waals surface area contributed by atoms with Gasteiger partial charge in [0.25, 0.3) is 0 Å². The van der Waals surface area contributed by atoms with Gasteiger partial charge < -0.3 is 0 Å². The zero-order valence-electron chi connectivity index (χ0n) is 4.13. The lowest BCUT2D eigenvalue weighted by molar-refractivity contribution is -0.176. The first-order valence-electron chi connectivity index (χ1n) is 2.28. The Labute approximate surface area is 47.5 Å². The number of thioether (sulfide) groups is 1. The van der Waals surface area contributed by atoms with E-state index in [-0.39, 0.29) is 0 Å². The van der Waals surface area contributed by atoms with Gasteiger partial charge in [-0.1, -0.05) is 0 Å². The van der Waals surface area contributed by atoms with E-state index >= 15 is 0 Å². The Hall–Kier alpha value is 0.270. The molecule has 0 amide bonds. The molecular weight excluding hydrogens is 112 g/mol. The maximum Gasteiger partial charge on any atom is -0.00672 e. The Morgan fingerprint density at radius 3 is 1.57 bits per heavy atom. The molecule has 0 unspecified atom stereocenters. The summed E-state index contributed by atoms with van der Waals surface area (Å²) in [5.74, 6) is 2.83. The van der Waals surface area contributed by atoms with Gasteiger partial charge in [0.15, 0.2) is 0 Å². The van der Waals surface area contributed by atoms with Gasteiger partial charge >= 0.3 is 0 Å². The molecule has 1 rings (SSSR count). The summed E-state index contributed by atoms with van der Waals surface area (Å²) in [6, 6.07) is 0. The zero-order valence-corrected chi connectivity index (χ0v) is 4.95. The van der Waals surface area contributed by atoms with E-state index in [9.17, 15) is 0 Å². The van der Waals surface area contributed by atoms with Gasteiger partial charge in [0, 0.05) is 0 Å². The molecular formula is C4H10O2S. The van der Waals surface area contributed by atoms with Crippen LogP contribution in [0.5, 0.6) is 0 Å². The second-order valence-electron chi connectivity index (χ2n) is 1.32. The predicted octanol–water partition coefficient (Wildman–Crippen LogP) is 1.53. The summed E-state index contributed by atoms with van der Waals surface area (Å²) < 4.78 is 0. The van der Waals surface area contributed by atoms with Gasteiger partial charge in [-0.2, -0.15) is 11.8 Å². The lowest BCUT2D eigenvalue weighted by Crippen LogP contribution is -1.58. The van der Waals surface area contributed by atoms with Crippen molar-refractivity contribution in [1.82, 2.24) is 0 Å². The molecule has 0 aromatic rings. The van der Waals surface area contributed by atoms with E-state index in [2.05, 4.69) is 11.8 Å². The van der Waals surface area contributed by atoms with E-state index in [1.54, 1.807) is 0 Å². The molecule has 1 saturated heterocycles. The molecule has 1 aliphatic heterocycles. The second-order valence-corrected chi connectivity index (χ2v) is 2.54.